The maximum atomic E-state index is 12.5. The molecule has 0 saturated heterocycles. The summed E-state index contributed by atoms with van der Waals surface area (Å²) in [6.07, 6.45) is -0.568. The topological polar surface area (TPSA) is 51.8 Å². The smallest absolute Gasteiger partial charge is 0.334 e. The van der Waals surface area contributed by atoms with Crippen LogP contribution in [0.3, 0.4) is 0 Å². The number of pyridine rings is 1. The third kappa shape index (κ3) is 2.81. The molecule has 96 valence electrons. The van der Waals surface area contributed by atoms with Crippen LogP contribution in [0, 0.1) is 0 Å². The van der Waals surface area contributed by atoms with E-state index in [9.17, 15) is 13.2 Å². The Bertz CT molecular complexity index is 541. The SMILES string of the molecule is CSCc1noc(-c2cncc(C(F)(F)F)c2)n1. The van der Waals surface area contributed by atoms with Crippen molar-refractivity contribution in [3.8, 4) is 11.5 Å². The largest absolute Gasteiger partial charge is 0.417 e. The monoisotopic (exact) mass is 275 g/mol. The molecule has 0 saturated carbocycles. The number of alkyl halides is 3. The Morgan fingerprint density at radius 2 is 2.11 bits per heavy atom. The molecule has 0 N–H and O–H groups in total. The van der Waals surface area contributed by atoms with Crippen molar-refractivity contribution in [3.63, 3.8) is 0 Å². The summed E-state index contributed by atoms with van der Waals surface area (Å²) < 4.78 is 42.4. The predicted molar refractivity (Wildman–Crippen MR) is 59.8 cm³/mol. The molecule has 2 aromatic heterocycles. The average Bonchev–Trinajstić information content (AvgIpc) is 2.77. The Labute approximate surface area is 105 Å². The van der Waals surface area contributed by atoms with Crippen molar-refractivity contribution in [2.24, 2.45) is 0 Å². The first-order valence-electron chi connectivity index (χ1n) is 4.85. The van der Waals surface area contributed by atoms with Crippen molar-refractivity contribution >= 4 is 11.8 Å². The second-order valence-electron chi connectivity index (χ2n) is 3.41. The molecule has 8 heteroatoms. The number of nitrogens with zero attached hydrogens (tertiary/aromatic N) is 3. The van der Waals surface area contributed by atoms with Gasteiger partial charge in [-0.15, -0.1) is 0 Å². The van der Waals surface area contributed by atoms with Gasteiger partial charge in [-0.1, -0.05) is 5.16 Å². The van der Waals surface area contributed by atoms with Gasteiger partial charge in [0.15, 0.2) is 5.82 Å². The second-order valence-corrected chi connectivity index (χ2v) is 4.27. The van der Waals surface area contributed by atoms with Crippen LogP contribution in [0.2, 0.25) is 0 Å². The van der Waals surface area contributed by atoms with Gasteiger partial charge in [0.25, 0.3) is 5.89 Å². The molecule has 2 heterocycles. The second kappa shape index (κ2) is 4.97. The van der Waals surface area contributed by atoms with Gasteiger partial charge in [-0.2, -0.15) is 29.9 Å². The van der Waals surface area contributed by atoms with Gasteiger partial charge in [0.05, 0.1) is 16.9 Å². The molecule has 4 nitrogen and oxygen atoms in total. The highest BCUT2D eigenvalue weighted by Crippen LogP contribution is 2.30. The lowest BCUT2D eigenvalue weighted by molar-refractivity contribution is -0.137. The summed E-state index contributed by atoms with van der Waals surface area (Å²) >= 11 is 1.49. The summed E-state index contributed by atoms with van der Waals surface area (Å²) in [5.74, 6) is 1.02. The minimum atomic E-state index is -4.44. The van der Waals surface area contributed by atoms with Gasteiger partial charge in [-0.25, -0.2) is 0 Å². The molecule has 0 radical (unpaired) electrons. The minimum absolute atomic E-state index is 0.0395. The Morgan fingerprint density at radius 3 is 2.78 bits per heavy atom. The molecule has 2 aromatic rings. The summed E-state index contributed by atoms with van der Waals surface area (Å²) in [6, 6.07) is 0.934. The maximum absolute atomic E-state index is 12.5. The zero-order valence-electron chi connectivity index (χ0n) is 9.23. The first kappa shape index (κ1) is 12.9. The first-order chi connectivity index (χ1) is 8.50. The lowest BCUT2D eigenvalue weighted by Gasteiger charge is -2.05. The van der Waals surface area contributed by atoms with Gasteiger partial charge in [0.1, 0.15) is 0 Å². The fraction of sp³-hybridized carbons (Fsp3) is 0.300. The molecule has 0 aliphatic heterocycles. The van der Waals surface area contributed by atoms with Crippen molar-refractivity contribution in [1.29, 1.82) is 0 Å². The Hall–Kier alpha value is -1.57. The summed E-state index contributed by atoms with van der Waals surface area (Å²) in [5, 5.41) is 3.66. The van der Waals surface area contributed by atoms with E-state index in [1.54, 1.807) is 0 Å². The predicted octanol–water partition coefficient (Wildman–Crippen LogP) is 3.01. The third-order valence-corrected chi connectivity index (χ3v) is 2.60. The summed E-state index contributed by atoms with van der Waals surface area (Å²) in [5.41, 5.74) is -0.686. The maximum Gasteiger partial charge on any atom is 0.417 e. The quantitative estimate of drug-likeness (QED) is 0.861. The summed E-state index contributed by atoms with van der Waals surface area (Å²) in [7, 11) is 0. The van der Waals surface area contributed by atoms with Crippen LogP contribution >= 0.6 is 11.8 Å². The van der Waals surface area contributed by atoms with Gasteiger partial charge >= 0.3 is 6.18 Å². The van der Waals surface area contributed by atoms with Crippen LogP contribution in [0.4, 0.5) is 13.2 Å². The highest BCUT2D eigenvalue weighted by molar-refractivity contribution is 7.97. The number of rotatable bonds is 3. The molecule has 0 bridgehead atoms. The van der Waals surface area contributed by atoms with Crippen molar-refractivity contribution < 1.29 is 17.7 Å². The van der Waals surface area contributed by atoms with Crippen LogP contribution in [0.5, 0.6) is 0 Å². The Kier molecular flexibility index (Phi) is 3.55. The van der Waals surface area contributed by atoms with Crippen LogP contribution in [0.25, 0.3) is 11.5 Å². The molecule has 0 fully saturated rings. The van der Waals surface area contributed by atoms with E-state index >= 15 is 0 Å². The van der Waals surface area contributed by atoms with Gasteiger partial charge in [0.2, 0.25) is 0 Å². The van der Waals surface area contributed by atoms with Crippen LogP contribution in [0.1, 0.15) is 11.4 Å². The van der Waals surface area contributed by atoms with Crippen molar-refractivity contribution in [2.45, 2.75) is 11.9 Å². The molecule has 18 heavy (non-hydrogen) atoms. The van der Waals surface area contributed by atoms with Gasteiger partial charge in [0, 0.05) is 12.4 Å². The highest BCUT2D eigenvalue weighted by atomic mass is 32.2. The van der Waals surface area contributed by atoms with Crippen LogP contribution in [-0.4, -0.2) is 21.4 Å². The van der Waals surface area contributed by atoms with E-state index in [0.717, 1.165) is 12.3 Å². The minimum Gasteiger partial charge on any atom is -0.334 e. The third-order valence-electron chi connectivity index (χ3n) is 2.05. The number of aromatic nitrogens is 3. The van der Waals surface area contributed by atoms with Gasteiger partial charge in [-0.3, -0.25) is 4.98 Å². The highest BCUT2D eigenvalue weighted by Gasteiger charge is 2.31. The molecule has 0 aliphatic carbocycles. The molecular weight excluding hydrogens is 267 g/mol. The van der Waals surface area contributed by atoms with E-state index in [0.29, 0.717) is 11.6 Å². The van der Waals surface area contributed by atoms with Crippen molar-refractivity contribution in [1.82, 2.24) is 15.1 Å². The van der Waals surface area contributed by atoms with E-state index in [1.807, 2.05) is 6.26 Å². The Balaban J connectivity index is 2.32. The molecule has 0 atom stereocenters. The zero-order valence-corrected chi connectivity index (χ0v) is 10.0. The van der Waals surface area contributed by atoms with Gasteiger partial charge < -0.3 is 4.52 Å². The molecular formula is C10H8F3N3OS. The van der Waals surface area contributed by atoms with Crippen molar-refractivity contribution in [2.75, 3.05) is 6.26 Å². The lowest BCUT2D eigenvalue weighted by Crippen LogP contribution is -2.05. The molecule has 0 aliphatic rings. The van der Waals surface area contributed by atoms with Crippen LogP contribution in [0.15, 0.2) is 23.0 Å². The van der Waals surface area contributed by atoms with E-state index in [4.69, 9.17) is 4.52 Å². The van der Waals surface area contributed by atoms with E-state index in [1.165, 1.54) is 18.0 Å². The van der Waals surface area contributed by atoms with E-state index in [2.05, 4.69) is 15.1 Å². The molecule has 2 rings (SSSR count). The number of thioether (sulfide) groups is 1. The summed E-state index contributed by atoms with van der Waals surface area (Å²) in [4.78, 5) is 7.52. The molecule has 0 aromatic carbocycles. The fourth-order valence-electron chi connectivity index (χ4n) is 1.27. The van der Waals surface area contributed by atoms with Crippen molar-refractivity contribution in [3.05, 3.63) is 29.8 Å². The van der Waals surface area contributed by atoms with E-state index < -0.39 is 11.7 Å². The molecule has 0 amide bonds. The van der Waals surface area contributed by atoms with Crippen LogP contribution < -0.4 is 0 Å². The number of hydrogen-bond donors (Lipinski definition) is 0. The lowest BCUT2D eigenvalue weighted by atomic mass is 10.2. The Morgan fingerprint density at radius 1 is 1.33 bits per heavy atom. The molecule has 0 spiro atoms. The first-order valence-corrected chi connectivity index (χ1v) is 6.24. The number of hydrogen-bond acceptors (Lipinski definition) is 5. The zero-order chi connectivity index (χ0) is 13.2. The normalized spacial score (nSPS) is 11.8. The summed E-state index contributed by atoms with van der Waals surface area (Å²) in [6.45, 7) is 0. The standard InChI is InChI=1S/C10H8F3N3OS/c1-18-5-8-15-9(17-16-8)6-2-7(4-14-3-6)10(11,12)13/h2-4H,5H2,1H3. The van der Waals surface area contributed by atoms with Gasteiger partial charge in [-0.05, 0) is 12.3 Å². The number of halogens is 3. The molecule has 0 unspecified atom stereocenters. The van der Waals surface area contributed by atoms with E-state index in [-0.39, 0.29) is 11.5 Å². The average molecular weight is 275 g/mol. The van der Waals surface area contributed by atoms with Crippen LogP contribution in [-0.2, 0) is 11.9 Å². The fourth-order valence-corrected chi connectivity index (χ4v) is 1.65.